The number of esters is 1. The van der Waals surface area contributed by atoms with Crippen LogP contribution in [0.25, 0.3) is 0 Å². The molecule has 106 valence electrons. The molecular formula is C16H12O5. The number of carbonyl (C=O) groups excluding carboxylic acids is 1. The molecule has 2 aromatic carbocycles. The first kappa shape index (κ1) is 12.1. The van der Waals surface area contributed by atoms with Gasteiger partial charge in [0.15, 0.2) is 11.5 Å². The largest absolute Gasteiger partial charge is 0.508 e. The summed E-state index contributed by atoms with van der Waals surface area (Å²) in [5.74, 6) is 1.44. The summed E-state index contributed by atoms with van der Waals surface area (Å²) in [5, 5.41) is 9.65. The van der Waals surface area contributed by atoms with E-state index in [1.165, 1.54) is 0 Å². The number of carbonyl (C=O) groups is 1. The number of rotatable bonds is 1. The Morgan fingerprint density at radius 3 is 2.67 bits per heavy atom. The maximum Gasteiger partial charge on any atom is 0.312 e. The van der Waals surface area contributed by atoms with Crippen LogP contribution < -0.4 is 14.2 Å². The van der Waals surface area contributed by atoms with Gasteiger partial charge in [0.25, 0.3) is 0 Å². The highest BCUT2D eigenvalue weighted by Crippen LogP contribution is 2.46. The van der Waals surface area contributed by atoms with Crippen LogP contribution in [0.1, 0.15) is 23.5 Å². The van der Waals surface area contributed by atoms with Gasteiger partial charge in [-0.05, 0) is 23.8 Å². The number of ether oxygens (including phenoxy) is 3. The van der Waals surface area contributed by atoms with Crippen LogP contribution in [0.5, 0.6) is 23.0 Å². The van der Waals surface area contributed by atoms with Crippen LogP contribution in [0, 0.1) is 0 Å². The first-order chi connectivity index (χ1) is 10.2. The molecule has 1 N–H and O–H groups in total. The van der Waals surface area contributed by atoms with Crippen molar-refractivity contribution in [2.75, 3.05) is 6.79 Å². The molecule has 1 atom stereocenters. The Labute approximate surface area is 120 Å². The van der Waals surface area contributed by atoms with Crippen molar-refractivity contribution in [3.05, 3.63) is 47.5 Å². The monoisotopic (exact) mass is 284 g/mol. The van der Waals surface area contributed by atoms with E-state index in [1.807, 2.05) is 12.1 Å². The summed E-state index contributed by atoms with van der Waals surface area (Å²) in [4.78, 5) is 11.8. The van der Waals surface area contributed by atoms with Crippen molar-refractivity contribution in [1.82, 2.24) is 0 Å². The molecule has 0 saturated heterocycles. The molecule has 4 rings (SSSR count). The molecule has 5 nitrogen and oxygen atoms in total. The number of hydrogen-bond donors (Lipinski definition) is 1. The molecule has 0 unspecified atom stereocenters. The summed E-state index contributed by atoms with van der Waals surface area (Å²) in [5.41, 5.74) is 1.73. The lowest BCUT2D eigenvalue weighted by molar-refractivity contribution is -0.135. The van der Waals surface area contributed by atoms with Crippen LogP contribution in [-0.2, 0) is 4.79 Å². The molecule has 2 heterocycles. The number of aromatic hydroxyl groups is 1. The van der Waals surface area contributed by atoms with Crippen LogP contribution in [-0.4, -0.2) is 17.9 Å². The zero-order chi connectivity index (χ0) is 14.4. The lowest BCUT2D eigenvalue weighted by Gasteiger charge is -2.25. The Morgan fingerprint density at radius 1 is 1.05 bits per heavy atom. The Bertz CT molecular complexity index is 737. The summed E-state index contributed by atoms with van der Waals surface area (Å²) in [6, 6.07) is 10.4. The topological polar surface area (TPSA) is 65.0 Å². The number of phenolic OH excluding ortho intramolecular Hbond substituents is 1. The Morgan fingerprint density at radius 2 is 1.86 bits per heavy atom. The van der Waals surface area contributed by atoms with E-state index in [0.717, 1.165) is 11.1 Å². The Kier molecular flexibility index (Phi) is 2.54. The molecule has 0 radical (unpaired) electrons. The molecule has 2 aliphatic rings. The van der Waals surface area contributed by atoms with Crippen LogP contribution >= 0.6 is 0 Å². The first-order valence-electron chi connectivity index (χ1n) is 6.64. The maximum atomic E-state index is 11.8. The highest BCUT2D eigenvalue weighted by Gasteiger charge is 2.31. The minimum Gasteiger partial charge on any atom is -0.508 e. The minimum absolute atomic E-state index is 0.164. The lowest BCUT2D eigenvalue weighted by Crippen LogP contribution is -2.20. The van der Waals surface area contributed by atoms with Gasteiger partial charge in [-0.25, -0.2) is 0 Å². The standard InChI is InChI=1S/C16H12O5/c17-10-3-1-2-9(4-10)11-6-16(18)21-13-7-15-14(5-12(11)13)19-8-20-15/h1-5,7,11,17H,6,8H2/t11-/m1/s1. The van der Waals surface area contributed by atoms with E-state index < -0.39 is 0 Å². The van der Waals surface area contributed by atoms with Gasteiger partial charge in [0.05, 0.1) is 6.42 Å². The van der Waals surface area contributed by atoms with Gasteiger partial charge in [-0.2, -0.15) is 0 Å². The van der Waals surface area contributed by atoms with Crippen molar-refractivity contribution in [2.24, 2.45) is 0 Å². The molecule has 5 heteroatoms. The third-order valence-corrected chi connectivity index (χ3v) is 3.75. The average Bonchev–Trinajstić information content (AvgIpc) is 2.91. The molecule has 0 aromatic heterocycles. The molecule has 0 amide bonds. The van der Waals surface area contributed by atoms with Crippen molar-refractivity contribution in [1.29, 1.82) is 0 Å². The van der Waals surface area contributed by atoms with Crippen molar-refractivity contribution in [3.63, 3.8) is 0 Å². The van der Waals surface area contributed by atoms with E-state index in [0.29, 0.717) is 17.2 Å². The second kappa shape index (κ2) is 4.41. The number of hydrogen-bond acceptors (Lipinski definition) is 5. The summed E-state index contributed by atoms with van der Waals surface area (Å²) in [6.07, 6.45) is 0.232. The van der Waals surface area contributed by atoms with Gasteiger partial charge in [0.2, 0.25) is 6.79 Å². The second-order valence-electron chi connectivity index (χ2n) is 5.07. The highest BCUT2D eigenvalue weighted by molar-refractivity contribution is 5.78. The minimum atomic E-state index is -0.297. The third-order valence-electron chi connectivity index (χ3n) is 3.75. The van der Waals surface area contributed by atoms with Crippen LogP contribution in [0.2, 0.25) is 0 Å². The fourth-order valence-electron chi connectivity index (χ4n) is 2.78. The predicted octanol–water partition coefficient (Wildman–Crippen LogP) is 2.56. The molecule has 0 spiro atoms. The molecule has 21 heavy (non-hydrogen) atoms. The van der Waals surface area contributed by atoms with E-state index in [9.17, 15) is 9.90 Å². The summed E-state index contributed by atoms with van der Waals surface area (Å²) in [6.45, 7) is 0.170. The number of fused-ring (bicyclic) bond motifs is 2. The van der Waals surface area contributed by atoms with E-state index in [-0.39, 0.29) is 30.9 Å². The predicted molar refractivity (Wildman–Crippen MR) is 72.8 cm³/mol. The van der Waals surface area contributed by atoms with Crippen LogP contribution in [0.4, 0.5) is 0 Å². The molecule has 0 fully saturated rings. The molecule has 0 saturated carbocycles. The van der Waals surface area contributed by atoms with Gasteiger partial charge in [0, 0.05) is 17.5 Å². The van der Waals surface area contributed by atoms with Gasteiger partial charge >= 0.3 is 5.97 Å². The van der Waals surface area contributed by atoms with Crippen molar-refractivity contribution >= 4 is 5.97 Å². The summed E-state index contributed by atoms with van der Waals surface area (Å²) < 4.78 is 16.0. The second-order valence-corrected chi connectivity index (χ2v) is 5.07. The Balaban J connectivity index is 1.85. The number of benzene rings is 2. The molecular weight excluding hydrogens is 272 g/mol. The van der Waals surface area contributed by atoms with Crippen molar-refractivity contribution in [2.45, 2.75) is 12.3 Å². The summed E-state index contributed by atoms with van der Waals surface area (Å²) >= 11 is 0. The van der Waals surface area contributed by atoms with Gasteiger partial charge in [-0.15, -0.1) is 0 Å². The zero-order valence-electron chi connectivity index (χ0n) is 11.0. The first-order valence-corrected chi connectivity index (χ1v) is 6.64. The fourth-order valence-corrected chi connectivity index (χ4v) is 2.78. The Hall–Kier alpha value is -2.69. The SMILES string of the molecule is O=C1C[C@H](c2cccc(O)c2)c2cc3c(cc2O1)OCO3. The van der Waals surface area contributed by atoms with Crippen molar-refractivity contribution < 1.29 is 24.1 Å². The average molecular weight is 284 g/mol. The maximum absolute atomic E-state index is 11.8. The lowest BCUT2D eigenvalue weighted by atomic mass is 9.86. The van der Waals surface area contributed by atoms with Crippen LogP contribution in [0.3, 0.4) is 0 Å². The smallest absolute Gasteiger partial charge is 0.312 e. The fraction of sp³-hybridized carbons (Fsp3) is 0.188. The molecule has 2 aliphatic heterocycles. The molecule has 0 bridgehead atoms. The van der Waals surface area contributed by atoms with E-state index in [1.54, 1.807) is 24.3 Å². The third kappa shape index (κ3) is 1.98. The quantitative estimate of drug-likeness (QED) is 0.644. The zero-order valence-corrected chi connectivity index (χ0v) is 11.0. The van der Waals surface area contributed by atoms with E-state index in [2.05, 4.69) is 0 Å². The van der Waals surface area contributed by atoms with Gasteiger partial charge < -0.3 is 19.3 Å². The van der Waals surface area contributed by atoms with Gasteiger partial charge in [0.1, 0.15) is 11.5 Å². The normalized spacial score (nSPS) is 19.0. The van der Waals surface area contributed by atoms with Crippen LogP contribution in [0.15, 0.2) is 36.4 Å². The number of phenols is 1. The van der Waals surface area contributed by atoms with E-state index >= 15 is 0 Å². The highest BCUT2D eigenvalue weighted by atomic mass is 16.7. The van der Waals surface area contributed by atoms with E-state index in [4.69, 9.17) is 14.2 Å². The molecule has 2 aromatic rings. The van der Waals surface area contributed by atoms with Crippen molar-refractivity contribution in [3.8, 4) is 23.0 Å². The summed E-state index contributed by atoms with van der Waals surface area (Å²) in [7, 11) is 0. The molecule has 0 aliphatic carbocycles. The van der Waals surface area contributed by atoms with Gasteiger partial charge in [-0.1, -0.05) is 12.1 Å². The van der Waals surface area contributed by atoms with Gasteiger partial charge in [-0.3, -0.25) is 4.79 Å².